The van der Waals surface area contributed by atoms with E-state index >= 15 is 0 Å². The van der Waals surface area contributed by atoms with Gasteiger partial charge in [0, 0.05) is 37.4 Å². The molecule has 0 unspecified atom stereocenters. The molecule has 1 fully saturated rings. The van der Waals surface area contributed by atoms with E-state index in [1.165, 1.54) is 6.20 Å². The minimum Gasteiger partial charge on any atom is -0.383 e. The monoisotopic (exact) mass is 531 g/mol. The summed E-state index contributed by atoms with van der Waals surface area (Å²) in [5.41, 5.74) is 1.74. The van der Waals surface area contributed by atoms with Gasteiger partial charge in [-0.15, -0.1) is 0 Å². The van der Waals surface area contributed by atoms with E-state index < -0.39 is 9.84 Å². The lowest BCUT2D eigenvalue weighted by molar-refractivity contribution is 0.0500. The average Bonchev–Trinajstić information content (AvgIpc) is 3.52. The quantitative estimate of drug-likeness (QED) is 0.372. The fourth-order valence-electron chi connectivity index (χ4n) is 4.30. The van der Waals surface area contributed by atoms with Crippen LogP contribution in [0.4, 0.5) is 0 Å². The first-order valence-corrected chi connectivity index (χ1v) is 13.9. The van der Waals surface area contributed by atoms with Gasteiger partial charge in [0.2, 0.25) is 15.0 Å². The predicted molar refractivity (Wildman–Crippen MR) is 137 cm³/mol. The standard InChI is InChI=1S/C26H30ClN3O5S/c1-34-14-12-30-23(16-28-26(30)36(32,33)19-20-7-3-2-4-8-20)17-29(18-24-11-6-13-35-24)25(31)21-9-5-10-22(27)15-21/h2-5,7-10,15-16,24H,6,11-14,17-19H2,1H3/t24-/m0/s1. The highest BCUT2D eigenvalue weighted by Crippen LogP contribution is 2.22. The second-order valence-electron chi connectivity index (χ2n) is 8.75. The van der Waals surface area contributed by atoms with Crippen molar-refractivity contribution in [3.63, 3.8) is 0 Å². The van der Waals surface area contributed by atoms with Crippen LogP contribution in [0.2, 0.25) is 5.02 Å². The molecule has 1 atom stereocenters. The van der Waals surface area contributed by atoms with Gasteiger partial charge in [-0.05, 0) is 36.6 Å². The van der Waals surface area contributed by atoms with Crippen LogP contribution in [0.3, 0.4) is 0 Å². The molecule has 2 heterocycles. The van der Waals surface area contributed by atoms with Crippen LogP contribution in [-0.2, 0) is 38.2 Å². The maximum absolute atomic E-state index is 13.5. The molecule has 1 saturated heterocycles. The van der Waals surface area contributed by atoms with Gasteiger partial charge < -0.3 is 18.9 Å². The summed E-state index contributed by atoms with van der Waals surface area (Å²) in [6.45, 7) is 1.80. The van der Waals surface area contributed by atoms with Gasteiger partial charge in [-0.25, -0.2) is 13.4 Å². The van der Waals surface area contributed by atoms with Gasteiger partial charge in [0.25, 0.3) is 5.91 Å². The molecule has 8 nitrogen and oxygen atoms in total. The molecule has 1 aliphatic heterocycles. The number of aromatic nitrogens is 2. The average molecular weight is 532 g/mol. The Balaban J connectivity index is 1.65. The molecule has 1 aromatic heterocycles. The number of sulfone groups is 1. The molecule has 192 valence electrons. The summed E-state index contributed by atoms with van der Waals surface area (Å²) in [6.07, 6.45) is 3.25. The summed E-state index contributed by atoms with van der Waals surface area (Å²) in [5.74, 6) is -0.376. The maximum Gasteiger partial charge on any atom is 0.254 e. The smallest absolute Gasteiger partial charge is 0.254 e. The van der Waals surface area contributed by atoms with Gasteiger partial charge in [-0.1, -0.05) is 48.0 Å². The topological polar surface area (TPSA) is 90.7 Å². The van der Waals surface area contributed by atoms with E-state index in [1.54, 1.807) is 65.1 Å². The van der Waals surface area contributed by atoms with Crippen molar-refractivity contribution in [2.24, 2.45) is 0 Å². The molecule has 3 aromatic rings. The van der Waals surface area contributed by atoms with Gasteiger partial charge in [-0.3, -0.25) is 4.79 Å². The zero-order valence-electron chi connectivity index (χ0n) is 20.2. The van der Waals surface area contributed by atoms with Crippen LogP contribution in [0.5, 0.6) is 0 Å². The van der Waals surface area contributed by atoms with E-state index in [0.717, 1.165) is 12.8 Å². The number of benzene rings is 2. The number of rotatable bonds is 11. The van der Waals surface area contributed by atoms with Crippen molar-refractivity contribution < 1.29 is 22.7 Å². The molecule has 0 aliphatic carbocycles. The zero-order chi connectivity index (χ0) is 25.5. The van der Waals surface area contributed by atoms with Gasteiger partial charge >= 0.3 is 0 Å². The Morgan fingerprint density at radius 1 is 1.22 bits per heavy atom. The van der Waals surface area contributed by atoms with Crippen LogP contribution in [0.25, 0.3) is 0 Å². The number of hydrogen-bond donors (Lipinski definition) is 0. The normalized spacial score (nSPS) is 15.8. The van der Waals surface area contributed by atoms with Crippen LogP contribution in [-0.4, -0.2) is 61.7 Å². The second kappa shape index (κ2) is 12.0. The molecule has 1 amide bonds. The number of ether oxygens (including phenoxy) is 2. The van der Waals surface area contributed by atoms with Crippen molar-refractivity contribution in [3.8, 4) is 0 Å². The van der Waals surface area contributed by atoms with Crippen LogP contribution < -0.4 is 0 Å². The molecule has 0 saturated carbocycles. The lowest BCUT2D eigenvalue weighted by Crippen LogP contribution is -2.37. The van der Waals surface area contributed by atoms with Gasteiger partial charge in [0.15, 0.2) is 0 Å². The molecular weight excluding hydrogens is 502 g/mol. The van der Waals surface area contributed by atoms with Crippen molar-refractivity contribution >= 4 is 27.3 Å². The molecule has 0 N–H and O–H groups in total. The van der Waals surface area contributed by atoms with E-state index in [-0.39, 0.29) is 36.0 Å². The number of nitrogens with zero attached hydrogens (tertiary/aromatic N) is 3. The third-order valence-corrected chi connectivity index (χ3v) is 7.89. The highest BCUT2D eigenvalue weighted by atomic mass is 35.5. The minimum atomic E-state index is -3.74. The molecule has 36 heavy (non-hydrogen) atoms. The summed E-state index contributed by atoms with van der Waals surface area (Å²) in [7, 11) is -2.18. The molecule has 1 aliphatic rings. The third kappa shape index (κ3) is 6.53. The lowest BCUT2D eigenvalue weighted by atomic mass is 10.1. The highest BCUT2D eigenvalue weighted by Gasteiger charge is 2.28. The lowest BCUT2D eigenvalue weighted by Gasteiger charge is -2.26. The number of halogens is 1. The zero-order valence-corrected chi connectivity index (χ0v) is 21.7. The van der Waals surface area contributed by atoms with Crippen molar-refractivity contribution in [1.29, 1.82) is 0 Å². The van der Waals surface area contributed by atoms with E-state index in [2.05, 4.69) is 4.98 Å². The Hall–Kier alpha value is -2.72. The number of imidazole rings is 1. The first kappa shape index (κ1) is 26.3. The van der Waals surface area contributed by atoms with Crippen molar-refractivity contribution in [2.75, 3.05) is 26.9 Å². The Kier molecular flexibility index (Phi) is 8.79. The van der Waals surface area contributed by atoms with Crippen molar-refractivity contribution in [3.05, 3.63) is 82.6 Å². The Labute approximate surface area is 216 Å². The number of hydrogen-bond acceptors (Lipinski definition) is 6. The van der Waals surface area contributed by atoms with E-state index in [0.29, 0.717) is 41.6 Å². The SMILES string of the molecule is COCCn1c(CN(C[C@@H]2CCCO2)C(=O)c2cccc(Cl)c2)cnc1S(=O)(=O)Cc1ccccc1. The van der Waals surface area contributed by atoms with E-state index in [9.17, 15) is 13.2 Å². The third-order valence-electron chi connectivity index (χ3n) is 6.06. The molecule has 0 bridgehead atoms. The summed E-state index contributed by atoms with van der Waals surface area (Å²) in [4.78, 5) is 19.5. The summed E-state index contributed by atoms with van der Waals surface area (Å²) < 4.78 is 39.3. The molecule has 0 spiro atoms. The second-order valence-corrected chi connectivity index (χ2v) is 11.1. The number of carbonyl (C=O) groups is 1. The van der Waals surface area contributed by atoms with E-state index in [4.69, 9.17) is 21.1 Å². The van der Waals surface area contributed by atoms with Gasteiger partial charge in [0.1, 0.15) is 0 Å². The molecule has 4 rings (SSSR count). The first-order valence-electron chi connectivity index (χ1n) is 11.8. The number of amides is 1. The largest absolute Gasteiger partial charge is 0.383 e. The molecule has 0 radical (unpaired) electrons. The molecule has 2 aromatic carbocycles. The fourth-order valence-corrected chi connectivity index (χ4v) is 6.01. The van der Waals surface area contributed by atoms with Crippen LogP contribution in [0.1, 0.15) is 34.5 Å². The summed E-state index contributed by atoms with van der Waals surface area (Å²) in [5, 5.41) is 0.433. The Morgan fingerprint density at radius 2 is 2.03 bits per heavy atom. The van der Waals surface area contributed by atoms with Crippen molar-refractivity contribution in [2.45, 2.75) is 42.9 Å². The van der Waals surface area contributed by atoms with Gasteiger partial charge in [0.05, 0.1) is 36.9 Å². The van der Waals surface area contributed by atoms with Crippen molar-refractivity contribution in [1.82, 2.24) is 14.5 Å². The predicted octanol–water partition coefficient (Wildman–Crippen LogP) is 3.98. The van der Waals surface area contributed by atoms with Crippen LogP contribution in [0.15, 0.2) is 66.0 Å². The first-order chi connectivity index (χ1) is 17.4. The van der Waals surface area contributed by atoms with Crippen LogP contribution >= 0.6 is 11.6 Å². The Morgan fingerprint density at radius 3 is 2.72 bits per heavy atom. The van der Waals surface area contributed by atoms with Crippen LogP contribution in [0, 0.1) is 0 Å². The fraction of sp³-hybridized carbons (Fsp3) is 0.385. The summed E-state index contributed by atoms with van der Waals surface area (Å²) >= 11 is 6.14. The summed E-state index contributed by atoms with van der Waals surface area (Å²) in [6, 6.07) is 15.8. The molecule has 10 heteroatoms. The number of methoxy groups -OCH3 is 1. The van der Waals surface area contributed by atoms with E-state index in [1.807, 2.05) is 6.07 Å². The minimum absolute atomic E-state index is 0.0364. The highest BCUT2D eigenvalue weighted by molar-refractivity contribution is 7.90. The maximum atomic E-state index is 13.5. The van der Waals surface area contributed by atoms with Gasteiger partial charge in [-0.2, -0.15) is 0 Å². The molecular formula is C26H30ClN3O5S. The number of carbonyl (C=O) groups excluding carboxylic acids is 1. The Bertz CT molecular complexity index is 1270.